The van der Waals surface area contributed by atoms with E-state index in [4.69, 9.17) is 0 Å². The van der Waals surface area contributed by atoms with Crippen LogP contribution in [-0.2, 0) is 5.41 Å². The molecule has 0 unspecified atom stereocenters. The molecule has 1 heteroatoms. The van der Waals surface area contributed by atoms with Gasteiger partial charge in [-0.3, -0.25) is 0 Å². The van der Waals surface area contributed by atoms with Crippen LogP contribution in [-0.4, -0.2) is 8.07 Å². The zero-order valence-corrected chi connectivity index (χ0v) is 13.7. The molecular formula is C18H24Si. The van der Waals surface area contributed by atoms with E-state index >= 15 is 0 Å². The lowest BCUT2D eigenvalue weighted by molar-refractivity contribution is 0.591. The van der Waals surface area contributed by atoms with Crippen molar-refractivity contribution in [2.24, 2.45) is 0 Å². The van der Waals surface area contributed by atoms with E-state index in [-0.39, 0.29) is 5.41 Å². The molecule has 2 aromatic rings. The lowest BCUT2D eigenvalue weighted by Gasteiger charge is -2.27. The summed E-state index contributed by atoms with van der Waals surface area (Å²) >= 11 is 0. The second kappa shape index (κ2) is 4.97. The fourth-order valence-electron chi connectivity index (χ4n) is 2.40. The summed E-state index contributed by atoms with van der Waals surface area (Å²) in [5.74, 6) is 0. The van der Waals surface area contributed by atoms with Crippen molar-refractivity contribution in [3.63, 3.8) is 0 Å². The largest absolute Gasteiger partial charge is 0.112 e. The van der Waals surface area contributed by atoms with Gasteiger partial charge in [0.25, 0.3) is 0 Å². The molecule has 0 saturated heterocycles. The molecule has 0 heterocycles. The monoisotopic (exact) mass is 268 g/mol. The first-order valence-electron chi connectivity index (χ1n) is 6.98. The van der Waals surface area contributed by atoms with Crippen molar-refractivity contribution in [1.82, 2.24) is 0 Å². The average molecular weight is 268 g/mol. The zero-order chi connectivity index (χ0) is 14.1. The summed E-state index contributed by atoms with van der Waals surface area (Å²) < 4.78 is 0. The van der Waals surface area contributed by atoms with Crippen LogP contribution in [0.15, 0.2) is 54.6 Å². The predicted molar refractivity (Wildman–Crippen MR) is 88.3 cm³/mol. The standard InChI is InChI=1S/C18H24Si/c1-18(2,3)15-10-9-13-17(14-15)19(4,5)16-11-7-6-8-12-16/h6-14H,1-5H3. The molecule has 100 valence electrons. The molecule has 0 aromatic heterocycles. The van der Waals surface area contributed by atoms with E-state index in [2.05, 4.69) is 88.5 Å². The van der Waals surface area contributed by atoms with Crippen LogP contribution < -0.4 is 10.4 Å². The van der Waals surface area contributed by atoms with Crippen molar-refractivity contribution in [3.8, 4) is 0 Å². The van der Waals surface area contributed by atoms with Crippen LogP contribution in [0.4, 0.5) is 0 Å². The zero-order valence-electron chi connectivity index (χ0n) is 12.7. The lowest BCUT2D eigenvalue weighted by Crippen LogP contribution is -2.53. The average Bonchev–Trinajstić information content (AvgIpc) is 2.39. The summed E-state index contributed by atoms with van der Waals surface area (Å²) in [5.41, 5.74) is 1.65. The number of hydrogen-bond donors (Lipinski definition) is 0. The van der Waals surface area contributed by atoms with Gasteiger partial charge in [0, 0.05) is 0 Å². The quantitative estimate of drug-likeness (QED) is 0.727. The SMILES string of the molecule is CC(C)(C)c1cccc([Si](C)(C)c2ccccc2)c1. The third kappa shape index (κ3) is 2.98. The lowest BCUT2D eigenvalue weighted by atomic mass is 9.87. The van der Waals surface area contributed by atoms with Crippen LogP contribution in [0.25, 0.3) is 0 Å². The molecule has 0 aliphatic rings. The van der Waals surface area contributed by atoms with E-state index in [1.54, 1.807) is 0 Å². The van der Waals surface area contributed by atoms with Gasteiger partial charge in [0.05, 0.1) is 0 Å². The first-order valence-corrected chi connectivity index (χ1v) is 9.98. The Morgan fingerprint density at radius 3 is 1.89 bits per heavy atom. The first kappa shape index (κ1) is 14.1. The van der Waals surface area contributed by atoms with E-state index < -0.39 is 8.07 Å². The maximum atomic E-state index is 2.43. The molecule has 0 fully saturated rings. The van der Waals surface area contributed by atoms with Gasteiger partial charge in [-0.1, -0.05) is 98.8 Å². The fourth-order valence-corrected chi connectivity index (χ4v) is 4.78. The number of benzene rings is 2. The van der Waals surface area contributed by atoms with E-state index in [0.717, 1.165) is 0 Å². The predicted octanol–water partition coefficient (Wildman–Crippen LogP) is 3.81. The van der Waals surface area contributed by atoms with E-state index in [0.29, 0.717) is 0 Å². The molecule has 0 saturated carbocycles. The smallest absolute Gasteiger partial charge is 0.0626 e. The Morgan fingerprint density at radius 1 is 0.737 bits per heavy atom. The molecular weight excluding hydrogens is 244 g/mol. The fraction of sp³-hybridized carbons (Fsp3) is 0.333. The first-order chi connectivity index (χ1) is 8.82. The molecule has 0 spiro atoms. The molecule has 0 atom stereocenters. The van der Waals surface area contributed by atoms with E-state index in [9.17, 15) is 0 Å². The Hall–Kier alpha value is -1.34. The highest BCUT2D eigenvalue weighted by atomic mass is 28.3. The van der Waals surface area contributed by atoms with Crippen molar-refractivity contribution >= 4 is 18.4 Å². The maximum Gasteiger partial charge on any atom is 0.112 e. The molecule has 0 radical (unpaired) electrons. The molecule has 2 rings (SSSR count). The van der Waals surface area contributed by atoms with Crippen LogP contribution in [0.2, 0.25) is 13.1 Å². The molecule has 0 aliphatic carbocycles. The Bertz CT molecular complexity index is 547. The summed E-state index contributed by atoms with van der Waals surface area (Å²) in [4.78, 5) is 0. The Morgan fingerprint density at radius 2 is 1.32 bits per heavy atom. The summed E-state index contributed by atoms with van der Waals surface area (Å²) in [7, 11) is -1.57. The minimum Gasteiger partial charge on any atom is -0.0626 e. The van der Waals surface area contributed by atoms with Gasteiger partial charge in [-0.15, -0.1) is 0 Å². The van der Waals surface area contributed by atoms with Crippen molar-refractivity contribution in [2.75, 3.05) is 0 Å². The van der Waals surface area contributed by atoms with Crippen LogP contribution in [0.5, 0.6) is 0 Å². The minimum atomic E-state index is -1.57. The number of hydrogen-bond acceptors (Lipinski definition) is 0. The molecule has 0 nitrogen and oxygen atoms in total. The van der Waals surface area contributed by atoms with Crippen molar-refractivity contribution < 1.29 is 0 Å². The van der Waals surface area contributed by atoms with Crippen LogP contribution in [0.1, 0.15) is 26.3 Å². The molecule has 0 amide bonds. The van der Waals surface area contributed by atoms with Gasteiger partial charge in [-0.25, -0.2) is 0 Å². The maximum absolute atomic E-state index is 2.43. The van der Waals surface area contributed by atoms with Crippen molar-refractivity contribution in [3.05, 3.63) is 60.2 Å². The van der Waals surface area contributed by atoms with Gasteiger partial charge >= 0.3 is 0 Å². The van der Waals surface area contributed by atoms with Gasteiger partial charge < -0.3 is 0 Å². The summed E-state index contributed by atoms with van der Waals surface area (Å²) in [6, 6.07) is 20.1. The van der Waals surface area contributed by atoms with Crippen LogP contribution in [0.3, 0.4) is 0 Å². The number of rotatable bonds is 2. The molecule has 2 aromatic carbocycles. The Labute approximate surface area is 118 Å². The van der Waals surface area contributed by atoms with Gasteiger partial charge in [-0.2, -0.15) is 0 Å². The van der Waals surface area contributed by atoms with Crippen LogP contribution >= 0.6 is 0 Å². The normalized spacial score (nSPS) is 12.5. The van der Waals surface area contributed by atoms with Gasteiger partial charge in [0.15, 0.2) is 0 Å². The van der Waals surface area contributed by atoms with Crippen molar-refractivity contribution in [2.45, 2.75) is 39.3 Å². The van der Waals surface area contributed by atoms with Crippen LogP contribution in [0, 0.1) is 0 Å². The molecule has 0 N–H and O–H groups in total. The van der Waals surface area contributed by atoms with Gasteiger partial charge in [0.1, 0.15) is 8.07 Å². The van der Waals surface area contributed by atoms with Gasteiger partial charge in [-0.05, 0) is 11.0 Å². The second-order valence-electron chi connectivity index (χ2n) is 6.82. The Kier molecular flexibility index (Phi) is 3.68. The highest BCUT2D eigenvalue weighted by molar-refractivity contribution is 7.00. The highest BCUT2D eigenvalue weighted by Crippen LogP contribution is 2.21. The van der Waals surface area contributed by atoms with Gasteiger partial charge in [0.2, 0.25) is 0 Å². The third-order valence-corrected chi connectivity index (χ3v) is 7.48. The van der Waals surface area contributed by atoms with E-state index in [1.807, 2.05) is 0 Å². The molecule has 0 aliphatic heterocycles. The summed E-state index contributed by atoms with van der Waals surface area (Å²) in [6.45, 7) is 11.7. The third-order valence-electron chi connectivity index (χ3n) is 3.95. The summed E-state index contributed by atoms with van der Waals surface area (Å²) in [6.07, 6.45) is 0. The van der Waals surface area contributed by atoms with E-state index in [1.165, 1.54) is 15.9 Å². The topological polar surface area (TPSA) is 0 Å². The summed E-state index contributed by atoms with van der Waals surface area (Å²) in [5, 5.41) is 3.02. The minimum absolute atomic E-state index is 0.219. The highest BCUT2D eigenvalue weighted by Gasteiger charge is 2.26. The molecule has 19 heavy (non-hydrogen) atoms. The second-order valence-corrected chi connectivity index (χ2v) is 11.2. The Balaban J connectivity index is 2.47. The molecule has 0 bridgehead atoms. The van der Waals surface area contributed by atoms with Crippen molar-refractivity contribution in [1.29, 1.82) is 0 Å².